The van der Waals surface area contributed by atoms with Crippen molar-refractivity contribution in [1.29, 1.82) is 0 Å². The van der Waals surface area contributed by atoms with E-state index in [1.165, 1.54) is 6.08 Å². The van der Waals surface area contributed by atoms with Crippen LogP contribution in [0, 0.1) is 16.0 Å². The van der Waals surface area contributed by atoms with Crippen LogP contribution >= 0.6 is 0 Å². The number of esters is 1. The minimum atomic E-state index is -0.512. The zero-order valence-corrected chi connectivity index (χ0v) is 11.2. The van der Waals surface area contributed by atoms with Crippen molar-refractivity contribution in [1.82, 2.24) is 0 Å². The van der Waals surface area contributed by atoms with Crippen LogP contribution in [0.1, 0.15) is 40.5 Å². The monoisotopic (exact) mass is 253 g/mol. The molecule has 18 heavy (non-hydrogen) atoms. The Bertz CT molecular complexity index is 415. The molecule has 5 heteroatoms. The van der Waals surface area contributed by atoms with Crippen LogP contribution in [0.2, 0.25) is 0 Å². The topological polar surface area (TPSA) is 69.4 Å². The second-order valence-corrected chi connectivity index (χ2v) is 5.41. The largest absolute Gasteiger partial charge is 0.460 e. The molecule has 0 bridgehead atoms. The average Bonchev–Trinajstić information content (AvgIpc) is 2.26. The highest BCUT2D eigenvalue weighted by molar-refractivity contribution is 5.76. The van der Waals surface area contributed by atoms with Crippen LogP contribution in [0.15, 0.2) is 23.4 Å². The molecule has 0 fully saturated rings. The third-order valence-corrected chi connectivity index (χ3v) is 2.71. The van der Waals surface area contributed by atoms with Crippen LogP contribution in [0.4, 0.5) is 0 Å². The zero-order chi connectivity index (χ0) is 13.9. The Hall–Kier alpha value is -1.65. The molecule has 100 valence electrons. The normalized spacial score (nSPS) is 17.6. The molecule has 0 saturated carbocycles. The highest BCUT2D eigenvalue weighted by atomic mass is 16.6. The van der Waals surface area contributed by atoms with Crippen molar-refractivity contribution in [2.24, 2.45) is 5.92 Å². The molecule has 5 nitrogen and oxygen atoms in total. The van der Waals surface area contributed by atoms with E-state index in [0.717, 1.165) is 5.57 Å². The minimum Gasteiger partial charge on any atom is -0.460 e. The van der Waals surface area contributed by atoms with Crippen LogP contribution in [0.3, 0.4) is 0 Å². The number of carbonyl (C=O) groups excluding carboxylic acids is 1. The first-order chi connectivity index (χ1) is 8.20. The molecule has 1 atom stereocenters. The van der Waals surface area contributed by atoms with Crippen molar-refractivity contribution < 1.29 is 14.5 Å². The second-order valence-electron chi connectivity index (χ2n) is 5.41. The van der Waals surface area contributed by atoms with Crippen LogP contribution in [0.5, 0.6) is 0 Å². The summed E-state index contributed by atoms with van der Waals surface area (Å²) in [4.78, 5) is 22.0. The SMILES string of the molecule is CC(C(=O)OC(C)(C)C)C1=CC=C([N+](=O)[O-])CC1. The molecule has 1 aliphatic rings. The first kappa shape index (κ1) is 14.4. The van der Waals surface area contributed by atoms with Crippen LogP contribution in [0.25, 0.3) is 0 Å². The summed E-state index contributed by atoms with van der Waals surface area (Å²) in [6.07, 6.45) is 4.04. The van der Waals surface area contributed by atoms with E-state index in [1.54, 1.807) is 13.0 Å². The second kappa shape index (κ2) is 5.33. The summed E-state index contributed by atoms with van der Waals surface area (Å²) >= 11 is 0. The molecule has 1 aliphatic carbocycles. The van der Waals surface area contributed by atoms with Crippen molar-refractivity contribution in [2.75, 3.05) is 0 Å². The van der Waals surface area contributed by atoms with Gasteiger partial charge in [-0.3, -0.25) is 14.9 Å². The van der Waals surface area contributed by atoms with Crippen molar-refractivity contribution in [3.8, 4) is 0 Å². The number of hydrogen-bond donors (Lipinski definition) is 0. The molecule has 0 heterocycles. The predicted molar refractivity (Wildman–Crippen MR) is 67.4 cm³/mol. The molecule has 0 N–H and O–H groups in total. The summed E-state index contributed by atoms with van der Waals surface area (Å²) in [6.45, 7) is 7.22. The number of carbonyl (C=O) groups is 1. The van der Waals surface area contributed by atoms with E-state index in [0.29, 0.717) is 12.8 Å². The Labute approximate surface area is 107 Å². The van der Waals surface area contributed by atoms with Crippen LogP contribution in [-0.2, 0) is 9.53 Å². The lowest BCUT2D eigenvalue weighted by molar-refractivity contribution is -0.428. The highest BCUT2D eigenvalue weighted by Crippen LogP contribution is 2.26. The van der Waals surface area contributed by atoms with Gasteiger partial charge in [0.05, 0.1) is 10.8 Å². The molecule has 1 unspecified atom stereocenters. The first-order valence-electron chi connectivity index (χ1n) is 5.97. The Balaban J connectivity index is 2.72. The maximum atomic E-state index is 11.9. The Morgan fingerprint density at radius 3 is 2.39 bits per heavy atom. The van der Waals surface area contributed by atoms with E-state index in [2.05, 4.69) is 0 Å². The van der Waals surface area contributed by atoms with E-state index in [9.17, 15) is 14.9 Å². The van der Waals surface area contributed by atoms with E-state index >= 15 is 0 Å². The Morgan fingerprint density at radius 1 is 1.39 bits per heavy atom. The lowest BCUT2D eigenvalue weighted by atomic mass is 9.92. The Kier molecular flexibility index (Phi) is 4.27. The maximum Gasteiger partial charge on any atom is 0.313 e. The number of hydrogen-bond acceptors (Lipinski definition) is 4. The van der Waals surface area contributed by atoms with E-state index < -0.39 is 5.60 Å². The van der Waals surface area contributed by atoms with Gasteiger partial charge in [0, 0.05) is 12.5 Å². The number of nitro groups is 1. The molecule has 1 rings (SSSR count). The fourth-order valence-electron chi connectivity index (χ4n) is 1.70. The van der Waals surface area contributed by atoms with E-state index in [1.807, 2.05) is 20.8 Å². The standard InChI is InChI=1S/C13H19NO4/c1-9(12(15)18-13(2,3)4)10-5-7-11(8-6-10)14(16)17/h5,7,9H,6,8H2,1-4H3. The quantitative estimate of drug-likeness (QED) is 0.440. The summed E-state index contributed by atoms with van der Waals surface area (Å²) in [5, 5.41) is 10.6. The smallest absolute Gasteiger partial charge is 0.313 e. The van der Waals surface area contributed by atoms with Gasteiger partial charge in [-0.15, -0.1) is 0 Å². The molecule has 0 amide bonds. The molecule has 0 radical (unpaired) electrons. The highest BCUT2D eigenvalue weighted by Gasteiger charge is 2.26. The van der Waals surface area contributed by atoms with Crippen molar-refractivity contribution in [3.05, 3.63) is 33.5 Å². The van der Waals surface area contributed by atoms with Crippen molar-refractivity contribution in [2.45, 2.75) is 46.1 Å². The molecular formula is C13H19NO4. The van der Waals surface area contributed by atoms with Gasteiger partial charge in [0.1, 0.15) is 5.60 Å². The maximum absolute atomic E-state index is 11.9. The van der Waals surface area contributed by atoms with E-state index in [4.69, 9.17) is 4.74 Å². The minimum absolute atomic E-state index is 0.190. The van der Waals surface area contributed by atoms with Gasteiger partial charge >= 0.3 is 5.97 Å². The zero-order valence-electron chi connectivity index (χ0n) is 11.2. The fraction of sp³-hybridized carbons (Fsp3) is 0.615. The molecule has 0 aromatic heterocycles. The molecular weight excluding hydrogens is 234 g/mol. The predicted octanol–water partition coefficient (Wildman–Crippen LogP) is 2.85. The molecule has 0 aromatic rings. The number of nitrogens with zero attached hydrogens (tertiary/aromatic N) is 1. The fourth-order valence-corrected chi connectivity index (χ4v) is 1.70. The lowest BCUT2D eigenvalue weighted by Crippen LogP contribution is -2.28. The van der Waals surface area contributed by atoms with Gasteiger partial charge < -0.3 is 4.74 Å². The summed E-state index contributed by atoms with van der Waals surface area (Å²) in [5.74, 6) is -0.638. The molecule has 0 spiro atoms. The van der Waals surface area contributed by atoms with Gasteiger partial charge in [0.25, 0.3) is 0 Å². The van der Waals surface area contributed by atoms with Gasteiger partial charge in [-0.2, -0.15) is 0 Å². The van der Waals surface area contributed by atoms with Gasteiger partial charge in [0.2, 0.25) is 5.70 Å². The van der Waals surface area contributed by atoms with Gasteiger partial charge in [-0.25, -0.2) is 0 Å². The molecule has 0 aromatic carbocycles. The number of ether oxygens (including phenoxy) is 1. The third-order valence-electron chi connectivity index (χ3n) is 2.71. The summed E-state index contributed by atoms with van der Waals surface area (Å²) in [7, 11) is 0. The number of rotatable bonds is 3. The third kappa shape index (κ3) is 3.98. The van der Waals surface area contributed by atoms with Gasteiger partial charge in [-0.1, -0.05) is 11.6 Å². The first-order valence-corrected chi connectivity index (χ1v) is 5.97. The molecule has 0 aliphatic heterocycles. The van der Waals surface area contributed by atoms with E-state index in [-0.39, 0.29) is 22.5 Å². The van der Waals surface area contributed by atoms with Gasteiger partial charge in [0.15, 0.2) is 0 Å². The summed E-state index contributed by atoms with van der Waals surface area (Å²) < 4.78 is 5.29. The number of allylic oxidation sites excluding steroid dienone is 3. The van der Waals surface area contributed by atoms with Crippen LogP contribution in [-0.4, -0.2) is 16.5 Å². The van der Waals surface area contributed by atoms with Crippen LogP contribution < -0.4 is 0 Å². The summed E-state index contributed by atoms with van der Waals surface area (Å²) in [6, 6.07) is 0. The molecule has 0 saturated heterocycles. The van der Waals surface area contributed by atoms with Crippen molar-refractivity contribution >= 4 is 5.97 Å². The summed E-state index contributed by atoms with van der Waals surface area (Å²) in [5.41, 5.74) is 0.563. The van der Waals surface area contributed by atoms with Gasteiger partial charge in [-0.05, 0) is 34.1 Å². The Morgan fingerprint density at radius 2 is 2.00 bits per heavy atom. The van der Waals surface area contributed by atoms with Crippen molar-refractivity contribution in [3.63, 3.8) is 0 Å². The average molecular weight is 253 g/mol. The lowest BCUT2D eigenvalue weighted by Gasteiger charge is -2.24.